The molecule has 1 amide bonds. The number of nitrogen functional groups attached to an aromatic ring is 1. The van der Waals surface area contributed by atoms with Crippen molar-refractivity contribution >= 4 is 28.3 Å². The predicted molar refractivity (Wildman–Crippen MR) is 79.8 cm³/mol. The molecule has 0 aliphatic heterocycles. The zero-order valence-corrected chi connectivity index (χ0v) is 11.0. The quantitative estimate of drug-likeness (QED) is 0.724. The first kappa shape index (κ1) is 12.3. The van der Waals surface area contributed by atoms with Crippen molar-refractivity contribution < 1.29 is 9.21 Å². The normalized spacial score (nSPS) is 10.7. The number of nitrogens with two attached hydrogens (primary N) is 1. The van der Waals surface area contributed by atoms with Crippen LogP contribution in [0, 0.1) is 0 Å². The smallest absolute Gasteiger partial charge is 0.261 e. The van der Waals surface area contributed by atoms with Crippen molar-refractivity contribution in [3.8, 4) is 0 Å². The number of furan rings is 1. The van der Waals surface area contributed by atoms with Crippen molar-refractivity contribution in [2.75, 3.05) is 17.7 Å². The topological polar surface area (TPSA) is 59.5 Å². The number of carbonyl (C=O) groups excluding carboxylic acids is 1. The lowest BCUT2D eigenvalue weighted by Crippen LogP contribution is -2.25. The van der Waals surface area contributed by atoms with Crippen molar-refractivity contribution in [1.82, 2.24) is 0 Å². The molecule has 0 spiro atoms. The molecule has 2 N–H and O–H groups in total. The Hall–Kier alpha value is -2.75. The van der Waals surface area contributed by atoms with Crippen LogP contribution in [0.25, 0.3) is 11.0 Å². The van der Waals surface area contributed by atoms with E-state index < -0.39 is 0 Å². The number of nitrogens with zero attached hydrogens (tertiary/aromatic N) is 1. The van der Waals surface area contributed by atoms with Gasteiger partial charge >= 0.3 is 0 Å². The lowest BCUT2D eigenvalue weighted by Gasteiger charge is -2.16. The fraction of sp³-hybridized carbons (Fsp3) is 0.0625. The van der Waals surface area contributed by atoms with Crippen molar-refractivity contribution in [3.63, 3.8) is 0 Å². The largest absolute Gasteiger partial charge is 0.463 e. The Morgan fingerprint density at radius 3 is 2.55 bits per heavy atom. The van der Waals surface area contributed by atoms with E-state index in [0.717, 1.165) is 11.1 Å². The molecule has 4 nitrogen and oxygen atoms in total. The summed E-state index contributed by atoms with van der Waals surface area (Å²) in [5.41, 5.74) is 8.38. The standard InChI is InChI=1S/C16H14N2O2/c1-18(12-8-6-11(17)7-9-12)16(19)14-10-20-15-5-3-2-4-13(14)15/h2-10H,17H2,1H3. The van der Waals surface area contributed by atoms with E-state index in [0.29, 0.717) is 16.8 Å². The van der Waals surface area contributed by atoms with Gasteiger partial charge in [0.1, 0.15) is 11.8 Å². The first-order chi connectivity index (χ1) is 9.66. The Bertz CT molecular complexity index is 760. The highest BCUT2D eigenvalue weighted by atomic mass is 16.3. The molecular formula is C16H14N2O2. The molecule has 100 valence electrons. The van der Waals surface area contributed by atoms with Crippen LogP contribution in [-0.2, 0) is 0 Å². The van der Waals surface area contributed by atoms with Gasteiger partial charge in [-0.15, -0.1) is 0 Å². The number of anilines is 2. The van der Waals surface area contributed by atoms with Crippen LogP contribution < -0.4 is 10.6 Å². The van der Waals surface area contributed by atoms with E-state index >= 15 is 0 Å². The minimum Gasteiger partial charge on any atom is -0.463 e. The Morgan fingerprint density at radius 2 is 1.80 bits per heavy atom. The summed E-state index contributed by atoms with van der Waals surface area (Å²) in [6.07, 6.45) is 1.50. The van der Waals surface area contributed by atoms with Crippen LogP contribution in [0.5, 0.6) is 0 Å². The Balaban J connectivity index is 1.97. The van der Waals surface area contributed by atoms with E-state index in [1.54, 1.807) is 24.1 Å². The zero-order valence-electron chi connectivity index (χ0n) is 11.0. The third-order valence-electron chi connectivity index (χ3n) is 3.30. The van der Waals surface area contributed by atoms with Gasteiger partial charge in [0.2, 0.25) is 0 Å². The fourth-order valence-electron chi connectivity index (χ4n) is 2.14. The molecule has 0 atom stereocenters. The molecule has 0 saturated carbocycles. The maximum atomic E-state index is 12.5. The van der Waals surface area contributed by atoms with Gasteiger partial charge in [-0.3, -0.25) is 4.79 Å². The molecule has 0 saturated heterocycles. The molecule has 0 fully saturated rings. The maximum Gasteiger partial charge on any atom is 0.261 e. The number of hydrogen-bond donors (Lipinski definition) is 1. The lowest BCUT2D eigenvalue weighted by molar-refractivity contribution is 0.0994. The highest BCUT2D eigenvalue weighted by Crippen LogP contribution is 2.24. The van der Waals surface area contributed by atoms with Gasteiger partial charge in [-0.05, 0) is 30.3 Å². The van der Waals surface area contributed by atoms with Crippen LogP contribution in [0.3, 0.4) is 0 Å². The minimum atomic E-state index is -0.111. The third kappa shape index (κ3) is 2.01. The highest BCUT2D eigenvalue weighted by Gasteiger charge is 2.18. The third-order valence-corrected chi connectivity index (χ3v) is 3.30. The molecule has 3 aromatic rings. The van der Waals surface area contributed by atoms with Gasteiger partial charge in [0, 0.05) is 23.8 Å². The van der Waals surface area contributed by atoms with Crippen LogP contribution in [0.15, 0.2) is 59.2 Å². The number of para-hydroxylation sites is 1. The molecule has 3 rings (SSSR count). The average molecular weight is 266 g/mol. The van der Waals surface area contributed by atoms with Gasteiger partial charge in [-0.2, -0.15) is 0 Å². The molecule has 0 radical (unpaired) electrons. The van der Waals surface area contributed by atoms with Crippen LogP contribution in [0.4, 0.5) is 11.4 Å². The minimum absolute atomic E-state index is 0.111. The summed E-state index contributed by atoms with van der Waals surface area (Å²) >= 11 is 0. The second-order valence-electron chi connectivity index (χ2n) is 4.60. The van der Waals surface area contributed by atoms with E-state index in [2.05, 4.69) is 0 Å². The summed E-state index contributed by atoms with van der Waals surface area (Å²) in [6, 6.07) is 14.7. The van der Waals surface area contributed by atoms with Gasteiger partial charge < -0.3 is 15.1 Å². The molecular weight excluding hydrogens is 252 g/mol. The molecule has 1 aromatic heterocycles. The Kier molecular flexibility index (Phi) is 2.91. The fourth-order valence-corrected chi connectivity index (χ4v) is 2.14. The number of fused-ring (bicyclic) bond motifs is 1. The summed E-state index contributed by atoms with van der Waals surface area (Å²) in [7, 11) is 1.73. The molecule has 0 aliphatic carbocycles. The summed E-state index contributed by atoms with van der Waals surface area (Å²) in [4.78, 5) is 14.1. The van der Waals surface area contributed by atoms with Crippen molar-refractivity contribution in [1.29, 1.82) is 0 Å². The second-order valence-corrected chi connectivity index (χ2v) is 4.60. The zero-order chi connectivity index (χ0) is 14.1. The number of rotatable bonds is 2. The van der Waals surface area contributed by atoms with Crippen LogP contribution in [-0.4, -0.2) is 13.0 Å². The van der Waals surface area contributed by atoms with E-state index in [1.165, 1.54) is 6.26 Å². The number of carbonyl (C=O) groups is 1. The lowest BCUT2D eigenvalue weighted by atomic mass is 10.1. The van der Waals surface area contributed by atoms with Crippen LogP contribution in [0.1, 0.15) is 10.4 Å². The van der Waals surface area contributed by atoms with Crippen molar-refractivity contribution in [3.05, 3.63) is 60.4 Å². The summed E-state index contributed by atoms with van der Waals surface area (Å²) in [5.74, 6) is -0.111. The molecule has 4 heteroatoms. The van der Waals surface area contributed by atoms with E-state index in [-0.39, 0.29) is 5.91 Å². The Labute approximate surface area is 116 Å². The molecule has 1 heterocycles. The molecule has 0 aliphatic rings. The van der Waals surface area contributed by atoms with Gasteiger partial charge in [-0.25, -0.2) is 0 Å². The monoisotopic (exact) mass is 266 g/mol. The van der Waals surface area contributed by atoms with Gasteiger partial charge in [0.05, 0.1) is 5.56 Å². The van der Waals surface area contributed by atoms with Crippen molar-refractivity contribution in [2.24, 2.45) is 0 Å². The van der Waals surface area contributed by atoms with E-state index in [4.69, 9.17) is 10.2 Å². The maximum absolute atomic E-state index is 12.5. The van der Waals surface area contributed by atoms with Crippen molar-refractivity contribution in [2.45, 2.75) is 0 Å². The van der Waals surface area contributed by atoms with Gasteiger partial charge in [-0.1, -0.05) is 18.2 Å². The molecule has 0 unspecified atom stereocenters. The SMILES string of the molecule is CN(C(=O)c1coc2ccccc12)c1ccc(N)cc1. The molecule has 0 bridgehead atoms. The van der Waals surface area contributed by atoms with E-state index in [1.807, 2.05) is 36.4 Å². The number of amides is 1. The van der Waals surface area contributed by atoms with Crippen LogP contribution in [0.2, 0.25) is 0 Å². The Morgan fingerprint density at radius 1 is 1.10 bits per heavy atom. The first-order valence-electron chi connectivity index (χ1n) is 6.26. The average Bonchev–Trinajstić information content (AvgIpc) is 2.90. The molecule has 20 heavy (non-hydrogen) atoms. The predicted octanol–water partition coefficient (Wildman–Crippen LogP) is 3.29. The molecule has 2 aromatic carbocycles. The van der Waals surface area contributed by atoms with Gasteiger partial charge in [0.15, 0.2) is 0 Å². The summed E-state index contributed by atoms with van der Waals surface area (Å²) in [6.45, 7) is 0. The highest BCUT2D eigenvalue weighted by molar-refractivity contribution is 6.13. The van der Waals surface area contributed by atoms with Gasteiger partial charge in [0.25, 0.3) is 5.91 Å². The summed E-state index contributed by atoms with van der Waals surface area (Å²) < 4.78 is 5.41. The number of hydrogen-bond acceptors (Lipinski definition) is 3. The first-order valence-corrected chi connectivity index (χ1v) is 6.26. The number of benzene rings is 2. The van der Waals surface area contributed by atoms with Crippen LogP contribution >= 0.6 is 0 Å². The van der Waals surface area contributed by atoms with E-state index in [9.17, 15) is 4.79 Å². The second kappa shape index (κ2) is 4.74. The summed E-state index contributed by atoms with van der Waals surface area (Å²) in [5, 5.41) is 0.819.